The van der Waals surface area contributed by atoms with Crippen LogP contribution in [0, 0.1) is 0 Å². The number of likely N-dealkylation sites (tertiary alicyclic amines) is 1. The number of piperidine rings is 1. The zero-order chi connectivity index (χ0) is 26.1. The average molecular weight is 519 g/mol. The van der Waals surface area contributed by atoms with E-state index in [0.29, 0.717) is 25.1 Å². The Balaban J connectivity index is 1.58. The van der Waals surface area contributed by atoms with Crippen LogP contribution in [0.4, 0.5) is 0 Å². The summed E-state index contributed by atoms with van der Waals surface area (Å²) >= 11 is 0. The van der Waals surface area contributed by atoms with Gasteiger partial charge in [-0.15, -0.1) is 0 Å². The van der Waals surface area contributed by atoms with Gasteiger partial charge in [0, 0.05) is 6.54 Å². The number of methoxy groups -OCH3 is 1. The second kappa shape index (κ2) is 12.2. The summed E-state index contributed by atoms with van der Waals surface area (Å²) in [5, 5.41) is 5.92. The Kier molecular flexibility index (Phi) is 9.08. The Bertz CT molecular complexity index is 1200. The fourth-order valence-electron chi connectivity index (χ4n) is 3.68. The summed E-state index contributed by atoms with van der Waals surface area (Å²) in [6.45, 7) is 0.342. The molecular weight excluding hydrogens is 488 g/mol. The van der Waals surface area contributed by atoms with Crippen molar-refractivity contribution in [2.24, 2.45) is 16.6 Å². The standard InChI is InChI=1S/C23H30N6O6S/c1-34-18-5-2-4-17(14-18)16-7-9-19(10-8-16)36(32,33)28-20-6-3-12-29(22(20)31)15-21(30)26-11-13-35-27-23(24)25/h2,4-5,7-10,14,20,28H,3,6,11-13,15H2,1H3,(H,26,30)(H4,24,25,27)/t20-/m0/s1. The van der Waals surface area contributed by atoms with Crippen molar-refractivity contribution in [1.29, 1.82) is 0 Å². The van der Waals surface area contributed by atoms with E-state index in [4.69, 9.17) is 21.0 Å². The van der Waals surface area contributed by atoms with E-state index in [9.17, 15) is 18.0 Å². The van der Waals surface area contributed by atoms with E-state index in [1.54, 1.807) is 19.2 Å². The van der Waals surface area contributed by atoms with Crippen LogP contribution in [-0.2, 0) is 24.4 Å². The summed E-state index contributed by atoms with van der Waals surface area (Å²) in [6, 6.07) is 12.8. The largest absolute Gasteiger partial charge is 0.497 e. The van der Waals surface area contributed by atoms with Gasteiger partial charge >= 0.3 is 0 Å². The highest BCUT2D eigenvalue weighted by molar-refractivity contribution is 7.89. The molecule has 2 aromatic rings. The molecule has 194 valence electrons. The van der Waals surface area contributed by atoms with E-state index in [-0.39, 0.29) is 30.6 Å². The van der Waals surface area contributed by atoms with Crippen LogP contribution >= 0.6 is 0 Å². The van der Waals surface area contributed by atoms with Crippen LogP contribution in [0.25, 0.3) is 11.1 Å². The van der Waals surface area contributed by atoms with Crippen molar-refractivity contribution in [3.63, 3.8) is 0 Å². The molecule has 36 heavy (non-hydrogen) atoms. The smallest absolute Gasteiger partial charge is 0.241 e. The van der Waals surface area contributed by atoms with Gasteiger partial charge in [0.1, 0.15) is 18.4 Å². The van der Waals surface area contributed by atoms with Gasteiger partial charge in [0.15, 0.2) is 0 Å². The highest BCUT2D eigenvalue weighted by atomic mass is 32.2. The van der Waals surface area contributed by atoms with E-state index < -0.39 is 27.9 Å². The van der Waals surface area contributed by atoms with Crippen LogP contribution in [0.2, 0.25) is 0 Å². The maximum atomic E-state index is 13.0. The number of rotatable bonds is 11. The predicted molar refractivity (Wildman–Crippen MR) is 133 cm³/mol. The monoisotopic (exact) mass is 518 g/mol. The first kappa shape index (κ1) is 26.8. The Morgan fingerprint density at radius 3 is 2.61 bits per heavy atom. The molecule has 0 unspecified atom stereocenters. The molecule has 1 heterocycles. The molecule has 13 heteroatoms. The minimum Gasteiger partial charge on any atom is -0.497 e. The number of amides is 2. The number of sulfonamides is 1. The number of guanidine groups is 1. The van der Waals surface area contributed by atoms with E-state index in [0.717, 1.165) is 11.1 Å². The van der Waals surface area contributed by atoms with Crippen molar-refractivity contribution in [2.75, 3.05) is 33.4 Å². The molecule has 6 N–H and O–H groups in total. The molecule has 1 atom stereocenters. The van der Waals surface area contributed by atoms with Crippen molar-refractivity contribution < 1.29 is 27.6 Å². The first-order chi connectivity index (χ1) is 17.2. The van der Waals surface area contributed by atoms with Gasteiger partial charge in [0.2, 0.25) is 27.8 Å². The maximum absolute atomic E-state index is 13.0. The molecule has 2 aromatic carbocycles. The molecule has 0 aliphatic carbocycles. The van der Waals surface area contributed by atoms with Gasteiger partial charge in [-0.2, -0.15) is 4.72 Å². The second-order valence-corrected chi connectivity index (χ2v) is 9.75. The molecule has 1 fully saturated rings. The molecule has 0 saturated carbocycles. The lowest BCUT2D eigenvalue weighted by atomic mass is 10.1. The number of carbonyl (C=O) groups is 2. The van der Waals surface area contributed by atoms with Crippen LogP contribution in [0.15, 0.2) is 58.6 Å². The van der Waals surface area contributed by atoms with E-state index in [1.807, 2.05) is 24.3 Å². The Hall–Kier alpha value is -3.84. The van der Waals surface area contributed by atoms with Gasteiger partial charge in [-0.3, -0.25) is 9.59 Å². The minimum absolute atomic E-state index is 0.0394. The number of nitrogens with one attached hydrogen (secondary N) is 2. The van der Waals surface area contributed by atoms with Crippen molar-refractivity contribution in [3.05, 3.63) is 48.5 Å². The summed E-state index contributed by atoms with van der Waals surface area (Å²) < 4.78 is 33.6. The molecule has 3 rings (SSSR count). The number of carbonyl (C=O) groups excluding carboxylic acids is 2. The number of nitrogens with two attached hydrogens (primary N) is 2. The van der Waals surface area contributed by atoms with E-state index >= 15 is 0 Å². The van der Waals surface area contributed by atoms with Crippen LogP contribution in [0.1, 0.15) is 12.8 Å². The van der Waals surface area contributed by atoms with E-state index in [1.165, 1.54) is 17.0 Å². The molecule has 1 saturated heterocycles. The first-order valence-corrected chi connectivity index (χ1v) is 12.7. The Labute approximate surface area is 209 Å². The molecule has 2 amide bonds. The van der Waals surface area contributed by atoms with Crippen LogP contribution in [0.3, 0.4) is 0 Å². The van der Waals surface area contributed by atoms with Crippen molar-refractivity contribution in [1.82, 2.24) is 14.9 Å². The number of hydrogen-bond donors (Lipinski definition) is 4. The lowest BCUT2D eigenvalue weighted by Crippen LogP contribution is -2.54. The summed E-state index contributed by atoms with van der Waals surface area (Å²) in [7, 11) is -2.38. The minimum atomic E-state index is -3.96. The molecular formula is C23H30N6O6S. The third kappa shape index (κ3) is 7.33. The van der Waals surface area contributed by atoms with Crippen LogP contribution < -0.4 is 26.2 Å². The second-order valence-electron chi connectivity index (χ2n) is 8.03. The summed E-state index contributed by atoms with van der Waals surface area (Å²) in [6.07, 6.45) is 0.888. The van der Waals surface area contributed by atoms with Gasteiger partial charge in [-0.05, 0) is 53.4 Å². The van der Waals surface area contributed by atoms with Gasteiger partial charge < -0.3 is 31.3 Å². The van der Waals surface area contributed by atoms with Crippen molar-refractivity contribution in [3.8, 4) is 16.9 Å². The number of oxime groups is 1. The molecule has 0 bridgehead atoms. The molecule has 1 aliphatic rings. The third-order valence-electron chi connectivity index (χ3n) is 5.42. The molecule has 12 nitrogen and oxygen atoms in total. The predicted octanol–water partition coefficient (Wildman–Crippen LogP) is -0.0473. The van der Waals surface area contributed by atoms with Gasteiger partial charge in [0.25, 0.3) is 0 Å². The molecule has 1 aliphatic heterocycles. The van der Waals surface area contributed by atoms with Crippen LogP contribution in [0.5, 0.6) is 5.75 Å². The number of benzene rings is 2. The summed E-state index contributed by atoms with van der Waals surface area (Å²) in [5.41, 5.74) is 12.0. The highest BCUT2D eigenvalue weighted by Crippen LogP contribution is 2.25. The van der Waals surface area contributed by atoms with Gasteiger partial charge in [0.05, 0.1) is 25.1 Å². The highest BCUT2D eigenvalue weighted by Gasteiger charge is 2.33. The number of hydrogen-bond acceptors (Lipinski definition) is 7. The zero-order valence-electron chi connectivity index (χ0n) is 19.8. The van der Waals surface area contributed by atoms with Gasteiger partial charge in [-0.25, -0.2) is 8.42 Å². The Morgan fingerprint density at radius 1 is 1.17 bits per heavy atom. The average Bonchev–Trinajstić information content (AvgIpc) is 2.86. The summed E-state index contributed by atoms with van der Waals surface area (Å²) in [5.74, 6) is -0.404. The third-order valence-corrected chi connectivity index (χ3v) is 6.90. The summed E-state index contributed by atoms with van der Waals surface area (Å²) in [4.78, 5) is 31.2. The van der Waals surface area contributed by atoms with Crippen molar-refractivity contribution in [2.45, 2.75) is 23.8 Å². The quantitative estimate of drug-likeness (QED) is 0.138. The van der Waals surface area contributed by atoms with Crippen LogP contribution in [-0.4, -0.2) is 70.5 Å². The first-order valence-electron chi connectivity index (χ1n) is 11.2. The van der Waals surface area contributed by atoms with Gasteiger partial charge in [-0.1, -0.05) is 24.3 Å². The molecule has 0 spiro atoms. The maximum Gasteiger partial charge on any atom is 0.241 e. The van der Waals surface area contributed by atoms with E-state index in [2.05, 4.69) is 15.2 Å². The number of ether oxygens (including phenoxy) is 1. The fourth-order valence-corrected chi connectivity index (χ4v) is 4.90. The Morgan fingerprint density at radius 2 is 1.92 bits per heavy atom. The fraction of sp³-hybridized carbons (Fsp3) is 0.348. The topological polar surface area (TPSA) is 178 Å². The zero-order valence-corrected chi connectivity index (χ0v) is 20.7. The molecule has 0 radical (unpaired) electrons. The molecule has 0 aromatic heterocycles. The SMILES string of the molecule is COc1cccc(-c2ccc(S(=O)(=O)N[C@H]3CCCN(CC(=O)NCCON=C(N)N)C3=O)cc2)c1. The lowest BCUT2D eigenvalue weighted by molar-refractivity contribution is -0.139. The number of nitrogens with zero attached hydrogens (tertiary/aromatic N) is 2. The normalized spacial score (nSPS) is 15.8. The van der Waals surface area contributed by atoms with Crippen molar-refractivity contribution >= 4 is 27.8 Å². The lowest BCUT2D eigenvalue weighted by Gasteiger charge is -2.32.